The van der Waals surface area contributed by atoms with Gasteiger partial charge in [0.05, 0.1) is 13.5 Å². The summed E-state index contributed by atoms with van der Waals surface area (Å²) in [6.45, 7) is 3.87. The van der Waals surface area contributed by atoms with Crippen LogP contribution in [-0.4, -0.2) is 27.8 Å². The molecule has 2 aromatic carbocycles. The summed E-state index contributed by atoms with van der Waals surface area (Å²) in [6.07, 6.45) is 0.140. The molecule has 0 saturated heterocycles. The molecule has 0 fully saturated rings. The van der Waals surface area contributed by atoms with E-state index in [9.17, 15) is 4.79 Å². The van der Waals surface area contributed by atoms with Crippen LogP contribution in [0.25, 0.3) is 5.69 Å². The molecule has 1 amide bonds. The van der Waals surface area contributed by atoms with E-state index in [1.165, 1.54) is 0 Å². The van der Waals surface area contributed by atoms with Gasteiger partial charge in [-0.3, -0.25) is 9.36 Å². The normalized spacial score (nSPS) is 10.5. The molecule has 1 heterocycles. The van der Waals surface area contributed by atoms with Gasteiger partial charge in [0.15, 0.2) is 0 Å². The summed E-state index contributed by atoms with van der Waals surface area (Å²) in [5, 5.41) is 11.1. The van der Waals surface area contributed by atoms with Crippen molar-refractivity contribution in [3.8, 4) is 11.4 Å². The third kappa shape index (κ3) is 3.85. The summed E-state index contributed by atoms with van der Waals surface area (Å²) in [7, 11) is 1.62. The highest BCUT2D eigenvalue weighted by Crippen LogP contribution is 2.18. The van der Waals surface area contributed by atoms with Crippen molar-refractivity contribution >= 4 is 11.6 Å². The number of rotatable bonds is 5. The Labute approximate surface area is 146 Å². The zero-order valence-electron chi connectivity index (χ0n) is 14.5. The first-order chi connectivity index (χ1) is 12.1. The van der Waals surface area contributed by atoms with E-state index in [0.29, 0.717) is 5.82 Å². The molecule has 128 valence electrons. The molecule has 25 heavy (non-hydrogen) atoms. The molecular formula is C19H20N4O2. The van der Waals surface area contributed by atoms with Gasteiger partial charge < -0.3 is 10.1 Å². The first-order valence-corrected chi connectivity index (χ1v) is 7.98. The number of anilines is 1. The van der Waals surface area contributed by atoms with Crippen molar-refractivity contribution in [2.24, 2.45) is 0 Å². The monoisotopic (exact) mass is 336 g/mol. The van der Waals surface area contributed by atoms with Gasteiger partial charge in [-0.1, -0.05) is 17.7 Å². The number of aryl methyl sites for hydroxylation is 2. The molecule has 0 bridgehead atoms. The van der Waals surface area contributed by atoms with E-state index in [4.69, 9.17) is 4.74 Å². The largest absolute Gasteiger partial charge is 0.497 e. The number of hydrogen-bond acceptors (Lipinski definition) is 4. The van der Waals surface area contributed by atoms with Crippen molar-refractivity contribution in [1.82, 2.24) is 14.8 Å². The van der Waals surface area contributed by atoms with Crippen LogP contribution in [0.1, 0.15) is 17.2 Å². The average molecular weight is 336 g/mol. The number of nitrogens with one attached hydrogen (secondary N) is 1. The van der Waals surface area contributed by atoms with E-state index in [1.807, 2.05) is 66.9 Å². The van der Waals surface area contributed by atoms with Crippen molar-refractivity contribution in [2.45, 2.75) is 20.3 Å². The topological polar surface area (TPSA) is 69.0 Å². The maximum atomic E-state index is 12.3. The van der Waals surface area contributed by atoms with Gasteiger partial charge in [0.2, 0.25) is 5.91 Å². The van der Waals surface area contributed by atoms with E-state index >= 15 is 0 Å². The smallest absolute Gasteiger partial charge is 0.232 e. The Bertz CT molecular complexity index is 867. The number of benzene rings is 2. The second-order valence-electron chi connectivity index (χ2n) is 5.79. The number of nitrogens with zero attached hydrogens (tertiary/aromatic N) is 3. The quantitative estimate of drug-likeness (QED) is 0.777. The van der Waals surface area contributed by atoms with Crippen LogP contribution in [0, 0.1) is 13.8 Å². The molecule has 0 aliphatic carbocycles. The van der Waals surface area contributed by atoms with Crippen LogP contribution in [0.5, 0.6) is 5.75 Å². The lowest BCUT2D eigenvalue weighted by atomic mass is 10.2. The van der Waals surface area contributed by atoms with E-state index in [0.717, 1.165) is 28.5 Å². The minimum Gasteiger partial charge on any atom is -0.497 e. The van der Waals surface area contributed by atoms with Crippen molar-refractivity contribution in [2.75, 3.05) is 12.4 Å². The van der Waals surface area contributed by atoms with E-state index in [1.54, 1.807) is 7.11 Å². The lowest BCUT2D eigenvalue weighted by Gasteiger charge is -2.10. The van der Waals surface area contributed by atoms with Crippen molar-refractivity contribution in [3.05, 3.63) is 65.7 Å². The standard InChI is InChI=1S/C19H20N4O2/c1-13-4-6-15(7-5-13)20-19(24)12-18-22-21-14(2)23(18)16-8-10-17(25-3)11-9-16/h4-11H,12H2,1-3H3,(H,20,24). The number of carbonyl (C=O) groups is 1. The Morgan fingerprint density at radius 1 is 1.04 bits per heavy atom. The first-order valence-electron chi connectivity index (χ1n) is 7.98. The van der Waals surface area contributed by atoms with Gasteiger partial charge in [-0.15, -0.1) is 10.2 Å². The van der Waals surface area contributed by atoms with Gasteiger partial charge >= 0.3 is 0 Å². The lowest BCUT2D eigenvalue weighted by molar-refractivity contribution is -0.115. The average Bonchev–Trinajstić information content (AvgIpc) is 2.97. The number of hydrogen-bond donors (Lipinski definition) is 1. The van der Waals surface area contributed by atoms with Gasteiger partial charge in [-0.2, -0.15) is 0 Å². The van der Waals surface area contributed by atoms with Crippen molar-refractivity contribution < 1.29 is 9.53 Å². The van der Waals surface area contributed by atoms with E-state index in [-0.39, 0.29) is 12.3 Å². The number of carbonyl (C=O) groups excluding carboxylic acids is 1. The third-order valence-electron chi connectivity index (χ3n) is 3.88. The van der Waals surface area contributed by atoms with Crippen LogP contribution >= 0.6 is 0 Å². The summed E-state index contributed by atoms with van der Waals surface area (Å²) in [6, 6.07) is 15.2. The van der Waals surface area contributed by atoms with Gasteiger partial charge in [0.25, 0.3) is 0 Å². The minimum absolute atomic E-state index is 0.133. The molecule has 1 aromatic heterocycles. The van der Waals surface area contributed by atoms with Crippen LogP contribution in [-0.2, 0) is 11.2 Å². The fraction of sp³-hybridized carbons (Fsp3) is 0.211. The van der Waals surface area contributed by atoms with Crippen molar-refractivity contribution in [1.29, 1.82) is 0 Å². The molecule has 0 atom stereocenters. The highest BCUT2D eigenvalue weighted by molar-refractivity contribution is 5.91. The van der Waals surface area contributed by atoms with Crippen LogP contribution < -0.4 is 10.1 Å². The van der Waals surface area contributed by atoms with Crippen LogP contribution in [0.15, 0.2) is 48.5 Å². The molecule has 0 aliphatic heterocycles. The predicted molar refractivity (Wildman–Crippen MR) is 96.2 cm³/mol. The Morgan fingerprint density at radius 3 is 2.36 bits per heavy atom. The molecule has 3 rings (SSSR count). The van der Waals surface area contributed by atoms with Crippen LogP contribution in [0.2, 0.25) is 0 Å². The Morgan fingerprint density at radius 2 is 1.72 bits per heavy atom. The highest BCUT2D eigenvalue weighted by atomic mass is 16.5. The zero-order chi connectivity index (χ0) is 17.8. The summed E-state index contributed by atoms with van der Waals surface area (Å²) in [5.74, 6) is 1.95. The Kier molecular flexibility index (Phi) is 4.79. The molecule has 1 N–H and O–H groups in total. The minimum atomic E-state index is -0.133. The fourth-order valence-corrected chi connectivity index (χ4v) is 2.57. The van der Waals surface area contributed by atoms with Gasteiger partial charge in [0, 0.05) is 11.4 Å². The molecule has 0 saturated carbocycles. The molecule has 0 aliphatic rings. The summed E-state index contributed by atoms with van der Waals surface area (Å²) in [4.78, 5) is 12.3. The number of amides is 1. The first kappa shape index (κ1) is 16.7. The Hall–Kier alpha value is -3.15. The highest BCUT2D eigenvalue weighted by Gasteiger charge is 2.15. The molecule has 0 radical (unpaired) electrons. The van der Waals surface area contributed by atoms with E-state index in [2.05, 4.69) is 15.5 Å². The zero-order valence-corrected chi connectivity index (χ0v) is 14.5. The summed E-state index contributed by atoms with van der Waals surface area (Å²) < 4.78 is 7.05. The second-order valence-corrected chi connectivity index (χ2v) is 5.79. The van der Waals surface area contributed by atoms with E-state index < -0.39 is 0 Å². The molecule has 0 unspecified atom stereocenters. The van der Waals surface area contributed by atoms with Crippen LogP contribution in [0.3, 0.4) is 0 Å². The molecular weight excluding hydrogens is 316 g/mol. The third-order valence-corrected chi connectivity index (χ3v) is 3.88. The SMILES string of the molecule is COc1ccc(-n2c(C)nnc2CC(=O)Nc2ccc(C)cc2)cc1. The maximum absolute atomic E-state index is 12.3. The molecule has 0 spiro atoms. The van der Waals surface area contributed by atoms with Gasteiger partial charge in [0.1, 0.15) is 17.4 Å². The summed E-state index contributed by atoms with van der Waals surface area (Å²) >= 11 is 0. The maximum Gasteiger partial charge on any atom is 0.232 e. The second kappa shape index (κ2) is 7.17. The molecule has 6 heteroatoms. The van der Waals surface area contributed by atoms with Crippen LogP contribution in [0.4, 0.5) is 5.69 Å². The predicted octanol–water partition coefficient (Wildman–Crippen LogP) is 3.07. The number of aromatic nitrogens is 3. The summed E-state index contributed by atoms with van der Waals surface area (Å²) in [5.41, 5.74) is 2.80. The molecule has 6 nitrogen and oxygen atoms in total. The fourth-order valence-electron chi connectivity index (χ4n) is 2.57. The van der Waals surface area contributed by atoms with Gasteiger partial charge in [-0.05, 0) is 50.2 Å². The lowest BCUT2D eigenvalue weighted by Crippen LogP contribution is -2.17. The molecule has 3 aromatic rings. The van der Waals surface area contributed by atoms with Gasteiger partial charge in [-0.25, -0.2) is 0 Å². The number of methoxy groups -OCH3 is 1. The Balaban J connectivity index is 1.78. The number of ether oxygens (including phenoxy) is 1. The van der Waals surface area contributed by atoms with Crippen molar-refractivity contribution in [3.63, 3.8) is 0 Å².